The van der Waals surface area contributed by atoms with Gasteiger partial charge in [-0.05, 0) is 304 Å². The molecule has 0 saturated heterocycles. The number of aryl methyl sites for hydroxylation is 9. The van der Waals surface area contributed by atoms with Gasteiger partial charge in [0.25, 0.3) is 0 Å². The summed E-state index contributed by atoms with van der Waals surface area (Å²) in [6, 6.07) is 48.1. The monoisotopic (exact) mass is 1070 g/mol. The summed E-state index contributed by atoms with van der Waals surface area (Å²) in [4.78, 5) is 13.4. The van der Waals surface area contributed by atoms with Gasteiger partial charge in [0.1, 0.15) is 0 Å². The molecule has 1 fully saturated rings. The quantitative estimate of drug-likeness (QED) is 0.152. The summed E-state index contributed by atoms with van der Waals surface area (Å²) in [7, 11) is 0. The van der Waals surface area contributed by atoms with Crippen LogP contribution >= 0.6 is 0 Å². The van der Waals surface area contributed by atoms with Crippen molar-refractivity contribution >= 4 is 10.9 Å². The van der Waals surface area contributed by atoms with Gasteiger partial charge in [-0.15, -0.1) is 0 Å². The number of aromatic nitrogens is 3. The molecule has 3 heteroatoms. The molecule has 2 atom stereocenters. The first-order valence-corrected chi connectivity index (χ1v) is 30.4. The second-order valence-electron chi connectivity index (χ2n) is 24.5. The average Bonchev–Trinajstić information content (AvgIpc) is 4.50. The number of para-hydroxylation sites is 1. The molecule has 6 aliphatic rings. The fraction of sp³-hybridized carbons (Fsp3) is 0.304. The third kappa shape index (κ3) is 11.2. The summed E-state index contributed by atoms with van der Waals surface area (Å²) in [6.45, 7) is 26.3. The maximum absolute atomic E-state index is 4.60. The van der Waals surface area contributed by atoms with E-state index in [0.717, 1.165) is 36.6 Å². The molecule has 0 aliphatic heterocycles. The van der Waals surface area contributed by atoms with Crippen molar-refractivity contribution in [3.63, 3.8) is 0 Å². The Morgan fingerprint density at radius 3 is 1.67 bits per heavy atom. The van der Waals surface area contributed by atoms with Gasteiger partial charge in [0.15, 0.2) is 0 Å². The zero-order chi connectivity index (χ0) is 57.3. The molecule has 16 rings (SSSR count). The van der Waals surface area contributed by atoms with Crippen LogP contribution in [-0.2, 0) is 32.1 Å². The molecule has 3 heterocycles. The lowest BCUT2D eigenvalue weighted by Crippen LogP contribution is -2.08. The molecule has 0 radical (unpaired) electrons. The van der Waals surface area contributed by atoms with E-state index >= 15 is 0 Å². The Morgan fingerprint density at radius 1 is 0.354 bits per heavy atom. The van der Waals surface area contributed by atoms with Gasteiger partial charge in [0.2, 0.25) is 0 Å². The van der Waals surface area contributed by atoms with Crippen molar-refractivity contribution in [2.45, 2.75) is 159 Å². The molecule has 2 unspecified atom stereocenters. The van der Waals surface area contributed by atoms with E-state index in [9.17, 15) is 0 Å². The van der Waals surface area contributed by atoms with Crippen molar-refractivity contribution in [1.82, 2.24) is 15.0 Å². The number of benzene rings is 7. The minimum Gasteiger partial charge on any atom is -0.261 e. The van der Waals surface area contributed by atoms with Crippen molar-refractivity contribution in [2.24, 2.45) is 0 Å². The summed E-state index contributed by atoms with van der Waals surface area (Å²) < 4.78 is 0. The first-order chi connectivity index (χ1) is 39.6. The fourth-order valence-electron chi connectivity index (χ4n) is 13.8. The highest BCUT2D eigenvalue weighted by Crippen LogP contribution is 2.53. The van der Waals surface area contributed by atoms with E-state index < -0.39 is 0 Å². The Kier molecular flexibility index (Phi) is 16.4. The Balaban J connectivity index is 0.000000104. The Labute approximate surface area is 490 Å². The van der Waals surface area contributed by atoms with E-state index in [1.54, 1.807) is 5.56 Å². The molecule has 10 aromatic rings. The predicted octanol–water partition coefficient (Wildman–Crippen LogP) is 20.1. The summed E-state index contributed by atoms with van der Waals surface area (Å²) in [5, 5.41) is 1.26. The molecule has 3 nitrogen and oxygen atoms in total. The zero-order valence-electron chi connectivity index (χ0n) is 51.0. The first kappa shape index (κ1) is 56.1. The minimum absolute atomic E-state index is 0.805. The predicted molar refractivity (Wildman–Crippen MR) is 347 cm³/mol. The second-order valence-corrected chi connectivity index (χ2v) is 24.5. The molecular weight excluding hydrogens is 991 g/mol. The van der Waals surface area contributed by atoms with E-state index in [1.165, 1.54) is 201 Å². The molecule has 3 aromatic heterocycles. The molecule has 0 N–H and O–H groups in total. The van der Waals surface area contributed by atoms with Crippen LogP contribution in [-0.4, -0.2) is 15.0 Å². The maximum atomic E-state index is 4.60. The minimum atomic E-state index is 0.805. The van der Waals surface area contributed by atoms with Crippen molar-refractivity contribution in [3.05, 3.63) is 275 Å². The third-order valence-electron chi connectivity index (χ3n) is 19.5. The molecule has 82 heavy (non-hydrogen) atoms. The Hall–Kier alpha value is -7.75. The number of rotatable bonds is 0. The smallest absolute Gasteiger partial charge is 0.0704 e. The molecular formula is C79H83N3. The highest BCUT2D eigenvalue weighted by molar-refractivity contribution is 5.83. The zero-order valence-corrected chi connectivity index (χ0v) is 51.0. The van der Waals surface area contributed by atoms with Crippen LogP contribution in [0.2, 0.25) is 0 Å². The van der Waals surface area contributed by atoms with Crippen molar-refractivity contribution < 1.29 is 0 Å². The summed E-state index contributed by atoms with van der Waals surface area (Å²) in [5.41, 5.74) is 41.3. The average molecular weight is 1070 g/mol. The van der Waals surface area contributed by atoms with E-state index in [1.807, 2.05) is 24.5 Å². The van der Waals surface area contributed by atoms with Crippen molar-refractivity contribution in [3.8, 4) is 33.4 Å². The summed E-state index contributed by atoms with van der Waals surface area (Å²) in [6.07, 6.45) is 18.6. The van der Waals surface area contributed by atoms with Crippen LogP contribution in [0.3, 0.4) is 0 Å². The summed E-state index contributed by atoms with van der Waals surface area (Å²) >= 11 is 0. The van der Waals surface area contributed by atoms with Gasteiger partial charge < -0.3 is 0 Å². The van der Waals surface area contributed by atoms with Crippen LogP contribution in [0.4, 0.5) is 0 Å². The molecule has 0 amide bonds. The van der Waals surface area contributed by atoms with E-state index in [-0.39, 0.29) is 0 Å². The molecule has 0 spiro atoms. The maximum Gasteiger partial charge on any atom is 0.0704 e. The lowest BCUT2D eigenvalue weighted by molar-refractivity contribution is 0.662. The highest BCUT2D eigenvalue weighted by Gasteiger charge is 2.39. The Bertz CT molecular complexity index is 4030. The van der Waals surface area contributed by atoms with Crippen LogP contribution in [0.15, 0.2) is 152 Å². The Morgan fingerprint density at radius 2 is 0.902 bits per heavy atom. The van der Waals surface area contributed by atoms with Crippen LogP contribution in [0.25, 0.3) is 44.3 Å². The lowest BCUT2D eigenvalue weighted by atomic mass is 9.91. The van der Waals surface area contributed by atoms with Crippen molar-refractivity contribution in [1.29, 1.82) is 0 Å². The van der Waals surface area contributed by atoms with Crippen LogP contribution < -0.4 is 0 Å². The standard InChI is InChI=1S/3C15H14.C12H15N.C11H15N.C11H11N/c1-10-7-13-9-12-5-3-4-6-14(12)15(13)8-11(10)2;1-10-7-8-13-9-12-5-3-4-6-14(12)15(13)11(10)2;1-10-7-8-14-13-6-4-3-5-12(13)9-15(14)11(10)2;1-7-6-13-12-10-4-3-9(5-10)11(12)8(7)2;2*1-8-7-12-11-6-4-3-5-10(11)9(8)2/h3*3-8H,9H2,1-2H3;6,9-10H,3-5H2,1-2H3;7H,3-6H2,1-2H3;3-7H,1-2H3. The van der Waals surface area contributed by atoms with Gasteiger partial charge in [-0.1, -0.05) is 127 Å². The number of fused-ring (bicyclic) bond motifs is 16. The molecule has 1 saturated carbocycles. The van der Waals surface area contributed by atoms with Crippen LogP contribution in [0.1, 0.15) is 167 Å². The van der Waals surface area contributed by atoms with Gasteiger partial charge in [-0.25, -0.2) is 0 Å². The summed E-state index contributed by atoms with van der Waals surface area (Å²) in [5.74, 6) is 1.66. The van der Waals surface area contributed by atoms with E-state index in [0.29, 0.717) is 0 Å². The topological polar surface area (TPSA) is 38.7 Å². The van der Waals surface area contributed by atoms with Gasteiger partial charge in [0, 0.05) is 41.3 Å². The molecule has 2 bridgehead atoms. The molecule has 414 valence electrons. The largest absolute Gasteiger partial charge is 0.261 e. The first-order valence-electron chi connectivity index (χ1n) is 30.4. The van der Waals surface area contributed by atoms with E-state index in [4.69, 9.17) is 0 Å². The molecule has 7 aromatic carbocycles. The van der Waals surface area contributed by atoms with E-state index in [2.05, 4.69) is 226 Å². The third-order valence-corrected chi connectivity index (χ3v) is 19.5. The fourth-order valence-corrected chi connectivity index (χ4v) is 13.8. The number of hydrogen-bond acceptors (Lipinski definition) is 3. The number of hydrogen-bond donors (Lipinski definition) is 0. The molecule has 6 aliphatic carbocycles. The SMILES string of the molecule is Cc1cc2c(cc1C)-c1ccccc1C2.Cc1ccc2c(c1C)-c1ccccc1C2.Cc1ccc2c(c1C)Cc1ccccc1-2.Cc1cnc2c(c1C)C1CCC2C1.Cc1cnc2c(c1C)CCCC2.Cc1cnc2ccccc2c1C. The number of pyridine rings is 3. The second kappa shape index (κ2) is 24.0. The van der Waals surface area contributed by atoms with Gasteiger partial charge in [0.05, 0.1) is 5.52 Å². The normalized spacial score (nSPS) is 15.3. The van der Waals surface area contributed by atoms with Crippen LogP contribution in [0, 0.1) is 83.1 Å². The van der Waals surface area contributed by atoms with Crippen molar-refractivity contribution in [2.75, 3.05) is 0 Å². The van der Waals surface area contributed by atoms with Crippen LogP contribution in [0.5, 0.6) is 0 Å². The number of nitrogens with zero attached hydrogens (tertiary/aromatic N) is 3. The van der Waals surface area contributed by atoms with Gasteiger partial charge in [-0.2, -0.15) is 0 Å². The van der Waals surface area contributed by atoms with Gasteiger partial charge in [-0.3, -0.25) is 15.0 Å². The lowest BCUT2D eigenvalue weighted by Gasteiger charge is -2.17. The van der Waals surface area contributed by atoms with Gasteiger partial charge >= 0.3 is 0 Å². The highest BCUT2D eigenvalue weighted by atomic mass is 14.7.